The van der Waals surface area contributed by atoms with Gasteiger partial charge in [-0.3, -0.25) is 4.79 Å². The fourth-order valence-corrected chi connectivity index (χ4v) is 3.10. The van der Waals surface area contributed by atoms with Crippen molar-refractivity contribution in [3.05, 3.63) is 0 Å². The Balaban J connectivity index is 1.79. The number of nitrogens with zero attached hydrogens (tertiary/aromatic N) is 1. The van der Waals surface area contributed by atoms with Crippen LogP contribution in [0.4, 0.5) is 0 Å². The Labute approximate surface area is 105 Å². The van der Waals surface area contributed by atoms with Crippen LogP contribution < -0.4 is 0 Å². The third-order valence-corrected chi connectivity index (χ3v) is 4.23. The van der Waals surface area contributed by atoms with Gasteiger partial charge in [0.1, 0.15) is 5.78 Å². The van der Waals surface area contributed by atoms with Crippen molar-refractivity contribution in [3.8, 4) is 0 Å². The summed E-state index contributed by atoms with van der Waals surface area (Å²) in [6.45, 7) is 6.95. The SMILES string of the molecule is CN(CC1CCCO1)CC1CCC(C)(C)C1=O. The summed E-state index contributed by atoms with van der Waals surface area (Å²) in [7, 11) is 2.11. The molecule has 2 aliphatic rings. The molecule has 0 radical (unpaired) electrons. The minimum absolute atomic E-state index is 0.0879. The van der Waals surface area contributed by atoms with Crippen molar-refractivity contribution in [2.24, 2.45) is 11.3 Å². The van der Waals surface area contributed by atoms with Crippen LogP contribution in [0.25, 0.3) is 0 Å². The summed E-state index contributed by atoms with van der Waals surface area (Å²) in [5.74, 6) is 0.702. The van der Waals surface area contributed by atoms with Crippen molar-refractivity contribution in [3.63, 3.8) is 0 Å². The molecule has 1 saturated carbocycles. The number of Topliss-reactive ketones (excluding diaryl/α,β-unsaturated/α-hetero) is 1. The van der Waals surface area contributed by atoms with Gasteiger partial charge in [0.25, 0.3) is 0 Å². The number of likely N-dealkylation sites (N-methyl/N-ethyl adjacent to an activating group) is 1. The zero-order chi connectivity index (χ0) is 12.5. The molecule has 0 aromatic heterocycles. The number of hydrogen-bond donors (Lipinski definition) is 0. The third kappa shape index (κ3) is 3.08. The zero-order valence-electron chi connectivity index (χ0n) is 11.4. The lowest BCUT2D eigenvalue weighted by molar-refractivity contribution is -0.128. The number of hydrogen-bond acceptors (Lipinski definition) is 3. The maximum atomic E-state index is 12.1. The average Bonchev–Trinajstić information content (AvgIpc) is 2.82. The van der Waals surface area contributed by atoms with E-state index < -0.39 is 0 Å². The van der Waals surface area contributed by atoms with Gasteiger partial charge in [0.2, 0.25) is 0 Å². The number of rotatable bonds is 4. The molecule has 3 nitrogen and oxygen atoms in total. The highest BCUT2D eigenvalue weighted by atomic mass is 16.5. The second kappa shape index (κ2) is 5.07. The zero-order valence-corrected chi connectivity index (χ0v) is 11.4. The van der Waals surface area contributed by atoms with E-state index in [0.717, 1.165) is 32.5 Å². The summed E-state index contributed by atoms with van der Waals surface area (Å²) in [5.41, 5.74) is -0.0879. The van der Waals surface area contributed by atoms with Crippen LogP contribution in [0.3, 0.4) is 0 Å². The van der Waals surface area contributed by atoms with Gasteiger partial charge in [0, 0.05) is 31.0 Å². The van der Waals surface area contributed by atoms with Crippen molar-refractivity contribution in [2.75, 3.05) is 26.7 Å². The van der Waals surface area contributed by atoms with E-state index in [-0.39, 0.29) is 11.3 Å². The summed E-state index contributed by atoms with van der Waals surface area (Å²) in [6, 6.07) is 0. The first-order valence-corrected chi connectivity index (χ1v) is 6.83. The molecule has 2 unspecified atom stereocenters. The Morgan fingerprint density at radius 2 is 2.12 bits per heavy atom. The van der Waals surface area contributed by atoms with Crippen molar-refractivity contribution in [1.82, 2.24) is 4.90 Å². The van der Waals surface area contributed by atoms with Crippen LogP contribution in [0, 0.1) is 11.3 Å². The molecule has 0 amide bonds. The summed E-state index contributed by atoms with van der Waals surface area (Å²) in [5, 5.41) is 0. The van der Waals surface area contributed by atoms with Crippen molar-refractivity contribution in [1.29, 1.82) is 0 Å². The van der Waals surface area contributed by atoms with Gasteiger partial charge in [-0.25, -0.2) is 0 Å². The number of carbonyl (C=O) groups is 1. The second-order valence-corrected chi connectivity index (χ2v) is 6.34. The topological polar surface area (TPSA) is 29.5 Å². The van der Waals surface area contributed by atoms with Gasteiger partial charge in [-0.2, -0.15) is 0 Å². The van der Waals surface area contributed by atoms with E-state index in [1.807, 2.05) is 0 Å². The second-order valence-electron chi connectivity index (χ2n) is 6.34. The fraction of sp³-hybridized carbons (Fsp3) is 0.929. The summed E-state index contributed by atoms with van der Waals surface area (Å²) < 4.78 is 5.63. The van der Waals surface area contributed by atoms with Gasteiger partial charge >= 0.3 is 0 Å². The van der Waals surface area contributed by atoms with Gasteiger partial charge in [-0.1, -0.05) is 13.8 Å². The highest BCUT2D eigenvalue weighted by Crippen LogP contribution is 2.37. The van der Waals surface area contributed by atoms with Crippen LogP contribution in [-0.4, -0.2) is 43.5 Å². The van der Waals surface area contributed by atoms with Crippen molar-refractivity contribution < 1.29 is 9.53 Å². The van der Waals surface area contributed by atoms with Crippen LogP contribution in [0.1, 0.15) is 39.5 Å². The molecule has 1 heterocycles. The first kappa shape index (κ1) is 13.0. The molecule has 0 spiro atoms. The van der Waals surface area contributed by atoms with E-state index in [4.69, 9.17) is 4.74 Å². The van der Waals surface area contributed by atoms with Gasteiger partial charge in [-0.05, 0) is 32.7 Å². The Morgan fingerprint density at radius 3 is 2.65 bits per heavy atom. The molecule has 1 aliphatic heterocycles. The molecule has 17 heavy (non-hydrogen) atoms. The van der Waals surface area contributed by atoms with Gasteiger partial charge in [-0.15, -0.1) is 0 Å². The molecular weight excluding hydrogens is 214 g/mol. The molecule has 98 valence electrons. The summed E-state index contributed by atoms with van der Waals surface area (Å²) in [6.07, 6.45) is 4.86. The predicted molar refractivity (Wildman–Crippen MR) is 68.0 cm³/mol. The lowest BCUT2D eigenvalue weighted by atomic mass is 9.89. The Morgan fingerprint density at radius 1 is 1.35 bits per heavy atom. The maximum absolute atomic E-state index is 12.1. The smallest absolute Gasteiger partial charge is 0.142 e. The van der Waals surface area contributed by atoms with Crippen LogP contribution >= 0.6 is 0 Å². The Bertz CT molecular complexity index is 282. The molecule has 1 saturated heterocycles. The minimum Gasteiger partial charge on any atom is -0.377 e. The van der Waals surface area contributed by atoms with Crippen LogP contribution in [0.15, 0.2) is 0 Å². The number of carbonyl (C=O) groups excluding carboxylic acids is 1. The van der Waals surface area contributed by atoms with E-state index in [0.29, 0.717) is 11.9 Å². The Kier molecular flexibility index (Phi) is 3.88. The lowest BCUT2D eigenvalue weighted by Crippen LogP contribution is -2.35. The van der Waals surface area contributed by atoms with Gasteiger partial charge < -0.3 is 9.64 Å². The number of ether oxygens (including phenoxy) is 1. The first-order valence-electron chi connectivity index (χ1n) is 6.83. The highest BCUT2D eigenvalue weighted by molar-refractivity contribution is 5.88. The van der Waals surface area contributed by atoms with Crippen LogP contribution in [0.5, 0.6) is 0 Å². The maximum Gasteiger partial charge on any atom is 0.142 e. The lowest BCUT2D eigenvalue weighted by Gasteiger charge is -2.24. The molecule has 0 bridgehead atoms. The normalized spacial score (nSPS) is 32.6. The quantitative estimate of drug-likeness (QED) is 0.752. The summed E-state index contributed by atoms with van der Waals surface area (Å²) >= 11 is 0. The van der Waals surface area contributed by atoms with E-state index in [9.17, 15) is 4.79 Å². The van der Waals surface area contributed by atoms with Crippen molar-refractivity contribution >= 4 is 5.78 Å². The molecule has 1 aliphatic carbocycles. The molecule has 2 atom stereocenters. The molecule has 0 N–H and O–H groups in total. The van der Waals surface area contributed by atoms with E-state index >= 15 is 0 Å². The summed E-state index contributed by atoms with van der Waals surface area (Å²) in [4.78, 5) is 14.4. The first-order chi connectivity index (χ1) is 7.99. The largest absolute Gasteiger partial charge is 0.377 e. The molecule has 0 aromatic rings. The molecule has 2 rings (SSSR count). The molecular formula is C14H25NO2. The average molecular weight is 239 g/mol. The standard InChI is InChI=1S/C14H25NO2/c1-14(2)7-6-11(13(14)16)9-15(3)10-12-5-4-8-17-12/h11-12H,4-10H2,1-3H3. The van der Waals surface area contributed by atoms with E-state index in [2.05, 4.69) is 25.8 Å². The number of ketones is 1. The van der Waals surface area contributed by atoms with Crippen LogP contribution in [-0.2, 0) is 9.53 Å². The van der Waals surface area contributed by atoms with Gasteiger partial charge in [0.15, 0.2) is 0 Å². The predicted octanol–water partition coefficient (Wildman–Crippen LogP) is 2.10. The molecule has 3 heteroatoms. The minimum atomic E-state index is -0.0879. The fourth-order valence-electron chi connectivity index (χ4n) is 3.10. The van der Waals surface area contributed by atoms with Crippen LogP contribution in [0.2, 0.25) is 0 Å². The third-order valence-electron chi connectivity index (χ3n) is 4.23. The Hall–Kier alpha value is -0.410. The van der Waals surface area contributed by atoms with Gasteiger partial charge in [0.05, 0.1) is 6.10 Å². The highest BCUT2D eigenvalue weighted by Gasteiger charge is 2.40. The van der Waals surface area contributed by atoms with E-state index in [1.165, 1.54) is 12.8 Å². The van der Waals surface area contributed by atoms with E-state index in [1.54, 1.807) is 0 Å². The van der Waals surface area contributed by atoms with Crippen molar-refractivity contribution in [2.45, 2.75) is 45.6 Å². The molecule has 0 aromatic carbocycles. The monoisotopic (exact) mass is 239 g/mol. The molecule has 2 fully saturated rings.